The molecule has 0 atom stereocenters. The summed E-state index contributed by atoms with van der Waals surface area (Å²) in [5, 5.41) is 15.8. The molecule has 2 aromatic heterocycles. The summed E-state index contributed by atoms with van der Waals surface area (Å²) in [5.74, 6) is 2.25. The molecule has 3 N–H and O–H groups in total. The topological polar surface area (TPSA) is 83.6 Å². The Morgan fingerprint density at radius 2 is 2.07 bits per heavy atom. The molecule has 0 bridgehead atoms. The smallest absolute Gasteiger partial charge is 0.196 e. The first-order chi connectivity index (χ1) is 13.9. The molecule has 4 rings (SSSR count). The Bertz CT molecular complexity index is 900. The number of guanidine groups is 1. The van der Waals surface area contributed by atoms with Crippen molar-refractivity contribution in [1.29, 1.82) is 0 Å². The molecule has 0 fully saturated rings. The number of H-pyrrole nitrogens is 1. The zero-order chi connectivity index (χ0) is 19.0. The largest absolute Gasteiger partial charge is 0.490 e. The molecule has 154 valence electrons. The van der Waals surface area contributed by atoms with E-state index in [9.17, 15) is 0 Å². The minimum Gasteiger partial charge on any atom is -0.490 e. The lowest BCUT2D eigenvalue weighted by Crippen LogP contribution is -2.32. The van der Waals surface area contributed by atoms with E-state index in [1.165, 1.54) is 4.88 Å². The first-order valence-corrected chi connectivity index (χ1v) is 10.2. The third kappa shape index (κ3) is 6.36. The molecule has 0 aliphatic carbocycles. The summed E-state index contributed by atoms with van der Waals surface area (Å²) < 4.78 is 11.5. The number of benzene rings is 1. The zero-order valence-corrected chi connectivity index (χ0v) is 19.0. The van der Waals surface area contributed by atoms with Gasteiger partial charge in [0.1, 0.15) is 0 Å². The second-order valence-electron chi connectivity index (χ2n) is 6.34. The normalized spacial score (nSPS) is 13.3. The van der Waals surface area contributed by atoms with Crippen LogP contribution >= 0.6 is 35.3 Å². The molecule has 3 heterocycles. The van der Waals surface area contributed by atoms with Crippen molar-refractivity contribution in [2.45, 2.75) is 19.4 Å². The molecule has 9 heteroatoms. The predicted molar refractivity (Wildman–Crippen MR) is 127 cm³/mol. The Kier molecular flexibility index (Phi) is 8.17. The molecule has 0 saturated carbocycles. The van der Waals surface area contributed by atoms with Crippen LogP contribution in [0.5, 0.6) is 11.5 Å². The molecule has 0 saturated heterocycles. The summed E-state index contributed by atoms with van der Waals surface area (Å²) in [7, 11) is 0. The van der Waals surface area contributed by atoms with Gasteiger partial charge in [-0.15, -0.1) is 35.3 Å². The summed E-state index contributed by atoms with van der Waals surface area (Å²) in [6, 6.07) is 12.0. The molecule has 29 heavy (non-hydrogen) atoms. The van der Waals surface area contributed by atoms with Gasteiger partial charge in [0.25, 0.3) is 0 Å². The van der Waals surface area contributed by atoms with Crippen LogP contribution < -0.4 is 20.1 Å². The molecular formula is C20H24IN5O2S. The number of hydrogen-bond donors (Lipinski definition) is 3. The van der Waals surface area contributed by atoms with Gasteiger partial charge in [-0.25, -0.2) is 4.99 Å². The summed E-state index contributed by atoms with van der Waals surface area (Å²) in [4.78, 5) is 6.01. The van der Waals surface area contributed by atoms with Crippen molar-refractivity contribution in [3.63, 3.8) is 0 Å². The van der Waals surface area contributed by atoms with Crippen LogP contribution in [0.25, 0.3) is 0 Å². The van der Waals surface area contributed by atoms with Crippen molar-refractivity contribution in [2.24, 2.45) is 4.99 Å². The van der Waals surface area contributed by atoms with E-state index < -0.39 is 0 Å². The third-order valence-electron chi connectivity index (χ3n) is 4.22. The number of thiophene rings is 1. The lowest BCUT2D eigenvalue weighted by molar-refractivity contribution is 0.297. The van der Waals surface area contributed by atoms with E-state index in [0.29, 0.717) is 25.7 Å². The van der Waals surface area contributed by atoms with Gasteiger partial charge in [-0.2, -0.15) is 5.10 Å². The van der Waals surface area contributed by atoms with Crippen LogP contribution in [0, 0.1) is 0 Å². The molecular weight excluding hydrogens is 501 g/mol. The lowest BCUT2D eigenvalue weighted by atomic mass is 10.2. The van der Waals surface area contributed by atoms with E-state index in [2.05, 4.69) is 43.3 Å². The van der Waals surface area contributed by atoms with Crippen LogP contribution in [0.1, 0.15) is 17.0 Å². The number of nitrogens with zero attached hydrogens (tertiary/aromatic N) is 2. The third-order valence-corrected chi connectivity index (χ3v) is 5.16. The minimum atomic E-state index is 0. The number of ether oxygens (including phenoxy) is 2. The first-order valence-electron chi connectivity index (χ1n) is 9.32. The Balaban J connectivity index is 0.00000240. The average Bonchev–Trinajstić information content (AvgIpc) is 3.37. The summed E-state index contributed by atoms with van der Waals surface area (Å²) >= 11 is 1.76. The lowest BCUT2D eigenvalue weighted by Gasteiger charge is -2.14. The highest BCUT2D eigenvalue weighted by Crippen LogP contribution is 2.32. The minimum absolute atomic E-state index is 0. The Hall–Kier alpha value is -2.27. The number of fused-ring (bicyclic) bond motifs is 1. The standard InChI is InChI=1S/C20H23N5O2S.HI/c1-3-17(28-12-1)7-8-21-20(22-14-16-6-9-23-25-16)24-15-4-5-18-19(13-15)27-11-2-10-26-18;/h1,3-6,9,12-13H,2,7-8,10-11,14H2,(H,23,25)(H2,21,22,24);1H. The van der Waals surface area contributed by atoms with Gasteiger partial charge in [-0.1, -0.05) is 6.07 Å². The fourth-order valence-electron chi connectivity index (χ4n) is 2.81. The molecule has 0 unspecified atom stereocenters. The highest BCUT2D eigenvalue weighted by molar-refractivity contribution is 14.0. The number of aromatic amines is 1. The zero-order valence-electron chi connectivity index (χ0n) is 15.9. The second-order valence-corrected chi connectivity index (χ2v) is 7.37. The molecule has 7 nitrogen and oxygen atoms in total. The van der Waals surface area contributed by atoms with Crippen LogP contribution in [0.2, 0.25) is 0 Å². The molecule has 0 spiro atoms. The van der Waals surface area contributed by atoms with Gasteiger partial charge in [-0.3, -0.25) is 5.10 Å². The maximum Gasteiger partial charge on any atom is 0.196 e. The van der Waals surface area contributed by atoms with Gasteiger partial charge in [0.15, 0.2) is 17.5 Å². The molecule has 3 aromatic rings. The van der Waals surface area contributed by atoms with Gasteiger partial charge >= 0.3 is 0 Å². The summed E-state index contributed by atoms with van der Waals surface area (Å²) in [6.07, 6.45) is 3.56. The van der Waals surface area contributed by atoms with E-state index in [0.717, 1.165) is 42.3 Å². The quantitative estimate of drug-likeness (QED) is 0.257. The monoisotopic (exact) mass is 525 g/mol. The SMILES string of the molecule is I.c1csc(CCNC(=NCc2ccn[nH]2)Nc2ccc3c(c2)OCCCO3)c1. The van der Waals surface area contributed by atoms with Crippen molar-refractivity contribution in [2.75, 3.05) is 25.1 Å². The van der Waals surface area contributed by atoms with Crippen LogP contribution in [0.3, 0.4) is 0 Å². The highest BCUT2D eigenvalue weighted by atomic mass is 127. The van der Waals surface area contributed by atoms with Crippen LogP contribution in [-0.4, -0.2) is 35.9 Å². The van der Waals surface area contributed by atoms with Crippen molar-refractivity contribution < 1.29 is 9.47 Å². The Labute approximate surface area is 190 Å². The molecule has 1 aliphatic rings. The molecule has 0 amide bonds. The highest BCUT2D eigenvalue weighted by Gasteiger charge is 2.11. The maximum absolute atomic E-state index is 5.78. The Morgan fingerprint density at radius 3 is 2.86 bits per heavy atom. The van der Waals surface area contributed by atoms with E-state index in [4.69, 9.17) is 9.47 Å². The van der Waals surface area contributed by atoms with Crippen LogP contribution in [0.15, 0.2) is 53.0 Å². The number of nitrogens with one attached hydrogen (secondary N) is 3. The second kappa shape index (κ2) is 11.1. The van der Waals surface area contributed by atoms with Gasteiger partial charge in [0.2, 0.25) is 0 Å². The van der Waals surface area contributed by atoms with Gasteiger partial charge < -0.3 is 20.1 Å². The van der Waals surface area contributed by atoms with E-state index in [1.807, 2.05) is 24.3 Å². The van der Waals surface area contributed by atoms with Crippen molar-refractivity contribution in [3.05, 3.63) is 58.5 Å². The average molecular weight is 525 g/mol. The number of halogens is 1. The van der Waals surface area contributed by atoms with E-state index in [-0.39, 0.29) is 24.0 Å². The van der Waals surface area contributed by atoms with Gasteiger partial charge in [0, 0.05) is 35.8 Å². The fourth-order valence-corrected chi connectivity index (χ4v) is 3.52. The number of rotatable bonds is 6. The number of hydrogen-bond acceptors (Lipinski definition) is 5. The summed E-state index contributed by atoms with van der Waals surface area (Å²) in [5.41, 5.74) is 1.86. The van der Waals surface area contributed by atoms with E-state index >= 15 is 0 Å². The molecule has 1 aliphatic heterocycles. The van der Waals surface area contributed by atoms with Crippen molar-refractivity contribution in [1.82, 2.24) is 15.5 Å². The first kappa shape index (κ1) is 21.4. The molecule has 0 radical (unpaired) electrons. The fraction of sp³-hybridized carbons (Fsp3) is 0.300. The van der Waals surface area contributed by atoms with Crippen molar-refractivity contribution >= 4 is 47.0 Å². The maximum atomic E-state index is 5.78. The molecule has 1 aromatic carbocycles. The Morgan fingerprint density at radius 1 is 1.17 bits per heavy atom. The van der Waals surface area contributed by atoms with Gasteiger partial charge in [0.05, 0.1) is 25.5 Å². The van der Waals surface area contributed by atoms with Gasteiger partial charge in [-0.05, 0) is 36.1 Å². The van der Waals surface area contributed by atoms with E-state index in [1.54, 1.807) is 17.5 Å². The van der Waals surface area contributed by atoms with Crippen molar-refractivity contribution in [3.8, 4) is 11.5 Å². The summed E-state index contributed by atoms with van der Waals surface area (Å²) in [6.45, 7) is 2.65. The number of anilines is 1. The van der Waals surface area contributed by atoms with Crippen LogP contribution in [0.4, 0.5) is 5.69 Å². The number of aromatic nitrogens is 2. The number of aliphatic imine (C=N–C) groups is 1. The predicted octanol–water partition coefficient (Wildman–Crippen LogP) is 4.05. The van der Waals surface area contributed by atoms with Crippen LogP contribution in [-0.2, 0) is 13.0 Å².